The van der Waals surface area contributed by atoms with Gasteiger partial charge in [-0.2, -0.15) is 0 Å². The van der Waals surface area contributed by atoms with E-state index in [0.717, 1.165) is 0 Å². The van der Waals surface area contributed by atoms with Gasteiger partial charge in [0.05, 0.1) is 0 Å². The van der Waals surface area contributed by atoms with Crippen LogP contribution in [0.25, 0.3) is 0 Å². The van der Waals surface area contributed by atoms with Crippen LogP contribution in [-0.4, -0.2) is 0 Å². The Morgan fingerprint density at radius 2 is 1.64 bits per heavy atom. The zero-order valence-corrected chi connectivity index (χ0v) is 11.0. The summed E-state index contributed by atoms with van der Waals surface area (Å²) in [4.78, 5) is 0. The Balaban J connectivity index is 2.74. The van der Waals surface area contributed by atoms with Crippen LogP contribution in [0.3, 0.4) is 0 Å². The van der Waals surface area contributed by atoms with Gasteiger partial charge in [0.25, 0.3) is 0 Å². The first kappa shape index (κ1) is 12.1. The van der Waals surface area contributed by atoms with E-state index >= 15 is 0 Å². The average Bonchev–Trinajstić information content (AvgIpc) is 2.12. The molecule has 0 heterocycles. The molecular formula is C14H28. The van der Waals surface area contributed by atoms with Crippen molar-refractivity contribution in [3.63, 3.8) is 0 Å². The normalized spacial score (nSPS) is 31.3. The molecule has 0 aromatic heterocycles. The molecule has 0 bridgehead atoms. The molecule has 0 saturated heterocycles. The minimum atomic E-state index is 0.535. The molecule has 0 aromatic rings. The Hall–Kier alpha value is 0. The second-order valence-corrected chi connectivity index (χ2v) is 6.71. The topological polar surface area (TPSA) is 0 Å². The quantitative estimate of drug-likeness (QED) is 0.591. The molecule has 1 aliphatic carbocycles. The van der Waals surface area contributed by atoms with Crippen LogP contribution in [0.1, 0.15) is 73.6 Å². The summed E-state index contributed by atoms with van der Waals surface area (Å²) in [7, 11) is 0. The van der Waals surface area contributed by atoms with Crippen molar-refractivity contribution in [2.75, 3.05) is 0 Å². The van der Waals surface area contributed by atoms with E-state index in [4.69, 9.17) is 0 Å². The molecule has 0 radical (unpaired) electrons. The maximum Gasteiger partial charge on any atom is -0.0244 e. The molecule has 0 heteroatoms. The summed E-state index contributed by atoms with van der Waals surface area (Å²) in [6.45, 7) is 14.5. The maximum absolute atomic E-state index is 2.46. The third kappa shape index (κ3) is 1.85. The molecule has 0 spiro atoms. The molecule has 0 nitrogen and oxygen atoms in total. The van der Waals surface area contributed by atoms with Crippen molar-refractivity contribution in [2.24, 2.45) is 16.2 Å². The molecule has 1 rings (SSSR count). The lowest BCUT2D eigenvalue weighted by atomic mass is 9.46. The van der Waals surface area contributed by atoms with Crippen molar-refractivity contribution in [1.29, 1.82) is 0 Å². The zero-order valence-electron chi connectivity index (χ0n) is 11.0. The van der Waals surface area contributed by atoms with Gasteiger partial charge in [0, 0.05) is 0 Å². The van der Waals surface area contributed by atoms with E-state index in [0.29, 0.717) is 16.2 Å². The second-order valence-electron chi connectivity index (χ2n) is 6.71. The van der Waals surface area contributed by atoms with Crippen LogP contribution in [0.15, 0.2) is 0 Å². The highest BCUT2D eigenvalue weighted by molar-refractivity contribution is 5.02. The summed E-state index contributed by atoms with van der Waals surface area (Å²) in [5, 5.41) is 0. The highest BCUT2D eigenvalue weighted by atomic mass is 14.6. The van der Waals surface area contributed by atoms with Gasteiger partial charge in [0.2, 0.25) is 0 Å². The SMILES string of the molecule is CCC(C)(C)CC1(CC)CCC1(C)C. The van der Waals surface area contributed by atoms with Crippen molar-refractivity contribution < 1.29 is 0 Å². The number of hydrogen-bond donors (Lipinski definition) is 0. The van der Waals surface area contributed by atoms with Gasteiger partial charge in [-0.25, -0.2) is 0 Å². The van der Waals surface area contributed by atoms with Gasteiger partial charge < -0.3 is 0 Å². The Morgan fingerprint density at radius 3 is 1.86 bits per heavy atom. The molecule has 0 amide bonds. The Bertz CT molecular complexity index is 196. The third-order valence-corrected chi connectivity index (χ3v) is 5.12. The van der Waals surface area contributed by atoms with Crippen LogP contribution >= 0.6 is 0 Å². The molecule has 0 aliphatic heterocycles. The molecule has 14 heavy (non-hydrogen) atoms. The number of hydrogen-bond acceptors (Lipinski definition) is 0. The van der Waals surface area contributed by atoms with E-state index in [1.165, 1.54) is 32.1 Å². The van der Waals surface area contributed by atoms with E-state index in [9.17, 15) is 0 Å². The maximum atomic E-state index is 2.46. The predicted molar refractivity (Wildman–Crippen MR) is 64.4 cm³/mol. The van der Waals surface area contributed by atoms with Gasteiger partial charge in [-0.15, -0.1) is 0 Å². The van der Waals surface area contributed by atoms with E-state index in [1.807, 2.05) is 0 Å². The largest absolute Gasteiger partial charge is 0.0649 e. The Labute approximate surface area is 90.5 Å². The lowest BCUT2D eigenvalue weighted by Crippen LogP contribution is -2.49. The molecule has 1 aliphatic rings. The molecule has 1 unspecified atom stereocenters. The van der Waals surface area contributed by atoms with Crippen molar-refractivity contribution in [2.45, 2.75) is 73.6 Å². The summed E-state index contributed by atoms with van der Waals surface area (Å²) in [5.74, 6) is 0. The lowest BCUT2D eigenvalue weighted by molar-refractivity contribution is -0.0868. The summed E-state index contributed by atoms with van der Waals surface area (Å²) in [6.07, 6.45) is 6.98. The molecular weight excluding hydrogens is 168 g/mol. The average molecular weight is 196 g/mol. The van der Waals surface area contributed by atoms with E-state index in [1.54, 1.807) is 0 Å². The molecule has 84 valence electrons. The van der Waals surface area contributed by atoms with Crippen LogP contribution in [0.4, 0.5) is 0 Å². The molecule has 1 atom stereocenters. The van der Waals surface area contributed by atoms with E-state index < -0.39 is 0 Å². The van der Waals surface area contributed by atoms with E-state index in [2.05, 4.69) is 41.5 Å². The molecule has 1 saturated carbocycles. The van der Waals surface area contributed by atoms with Crippen LogP contribution in [0, 0.1) is 16.2 Å². The van der Waals surface area contributed by atoms with Crippen LogP contribution < -0.4 is 0 Å². The first-order valence-corrected chi connectivity index (χ1v) is 6.29. The van der Waals surface area contributed by atoms with E-state index in [-0.39, 0.29) is 0 Å². The molecule has 1 fully saturated rings. The van der Waals surface area contributed by atoms with Crippen molar-refractivity contribution in [3.05, 3.63) is 0 Å². The van der Waals surface area contributed by atoms with Gasteiger partial charge in [-0.05, 0) is 41.9 Å². The zero-order chi connectivity index (χ0) is 11.0. The van der Waals surface area contributed by atoms with Gasteiger partial charge in [0.15, 0.2) is 0 Å². The van der Waals surface area contributed by atoms with Gasteiger partial charge >= 0.3 is 0 Å². The first-order chi connectivity index (χ1) is 6.29. The van der Waals surface area contributed by atoms with Gasteiger partial charge in [-0.1, -0.05) is 48.0 Å². The van der Waals surface area contributed by atoms with Crippen molar-refractivity contribution in [1.82, 2.24) is 0 Å². The monoisotopic (exact) mass is 196 g/mol. The molecule has 0 N–H and O–H groups in total. The number of rotatable bonds is 4. The van der Waals surface area contributed by atoms with Crippen molar-refractivity contribution >= 4 is 0 Å². The van der Waals surface area contributed by atoms with Crippen LogP contribution in [0.2, 0.25) is 0 Å². The van der Waals surface area contributed by atoms with Crippen LogP contribution in [0.5, 0.6) is 0 Å². The van der Waals surface area contributed by atoms with Gasteiger partial charge in [-0.3, -0.25) is 0 Å². The third-order valence-electron chi connectivity index (χ3n) is 5.12. The Kier molecular flexibility index (Phi) is 3.05. The second kappa shape index (κ2) is 3.54. The standard InChI is InChI=1S/C14H28/c1-7-12(3,4)11-14(8-2)10-9-13(14,5)6/h7-11H2,1-6H3. The van der Waals surface area contributed by atoms with Gasteiger partial charge in [0.1, 0.15) is 0 Å². The minimum Gasteiger partial charge on any atom is -0.0649 e. The fraction of sp³-hybridized carbons (Fsp3) is 1.00. The lowest BCUT2D eigenvalue weighted by Gasteiger charge is -2.59. The van der Waals surface area contributed by atoms with Crippen LogP contribution in [-0.2, 0) is 0 Å². The minimum absolute atomic E-state index is 0.535. The fourth-order valence-electron chi connectivity index (χ4n) is 3.13. The summed E-state index contributed by atoms with van der Waals surface area (Å²) >= 11 is 0. The smallest absolute Gasteiger partial charge is 0.0244 e. The fourth-order valence-corrected chi connectivity index (χ4v) is 3.13. The Morgan fingerprint density at radius 1 is 1.07 bits per heavy atom. The predicted octanol–water partition coefficient (Wildman–Crippen LogP) is 5.03. The molecule has 0 aromatic carbocycles. The summed E-state index contributed by atoms with van der Waals surface area (Å²) in [5.41, 5.74) is 1.77. The highest BCUT2D eigenvalue weighted by Crippen LogP contribution is 2.63. The summed E-state index contributed by atoms with van der Waals surface area (Å²) in [6, 6.07) is 0. The summed E-state index contributed by atoms with van der Waals surface area (Å²) < 4.78 is 0. The first-order valence-electron chi connectivity index (χ1n) is 6.29. The van der Waals surface area contributed by atoms with Crippen molar-refractivity contribution in [3.8, 4) is 0 Å². The highest BCUT2D eigenvalue weighted by Gasteiger charge is 2.52.